The standard InChI is InChI=1S/C19H19ClN4O/c1-4-14-9-7-8-12(2)17(14)21-19(25)18-13(3)24(23-22-18)16-11-6-5-10-15(16)20/h5-11H,4H2,1-3H3,(H,21,25). The van der Waals surface area contributed by atoms with Crippen LogP contribution in [-0.2, 0) is 6.42 Å². The lowest BCUT2D eigenvalue weighted by molar-refractivity contribution is 0.102. The van der Waals surface area contributed by atoms with E-state index in [2.05, 4.69) is 22.6 Å². The third-order valence-electron chi connectivity index (χ3n) is 4.17. The summed E-state index contributed by atoms with van der Waals surface area (Å²) in [5, 5.41) is 11.7. The zero-order valence-electron chi connectivity index (χ0n) is 14.4. The predicted molar refractivity (Wildman–Crippen MR) is 99.6 cm³/mol. The van der Waals surface area contributed by atoms with Crippen molar-refractivity contribution in [1.29, 1.82) is 0 Å². The number of anilines is 1. The molecule has 1 N–H and O–H groups in total. The Labute approximate surface area is 151 Å². The molecule has 3 aromatic rings. The lowest BCUT2D eigenvalue weighted by Gasteiger charge is -2.12. The first-order valence-electron chi connectivity index (χ1n) is 8.10. The summed E-state index contributed by atoms with van der Waals surface area (Å²) in [5.41, 5.74) is 4.55. The maximum atomic E-state index is 12.7. The van der Waals surface area contributed by atoms with Crippen LogP contribution in [0, 0.1) is 13.8 Å². The summed E-state index contributed by atoms with van der Waals surface area (Å²) in [4.78, 5) is 12.7. The van der Waals surface area contributed by atoms with E-state index in [9.17, 15) is 4.79 Å². The van der Waals surface area contributed by atoms with Gasteiger partial charge in [0.2, 0.25) is 0 Å². The molecule has 0 radical (unpaired) electrons. The van der Waals surface area contributed by atoms with Crippen LogP contribution in [0.4, 0.5) is 5.69 Å². The molecule has 128 valence electrons. The van der Waals surface area contributed by atoms with Crippen molar-refractivity contribution in [3.8, 4) is 5.69 Å². The van der Waals surface area contributed by atoms with E-state index >= 15 is 0 Å². The van der Waals surface area contributed by atoms with Crippen LogP contribution in [0.1, 0.15) is 34.2 Å². The van der Waals surface area contributed by atoms with E-state index in [1.165, 1.54) is 0 Å². The Morgan fingerprint density at radius 1 is 1.16 bits per heavy atom. The smallest absolute Gasteiger partial charge is 0.278 e. The Hall–Kier alpha value is -2.66. The van der Waals surface area contributed by atoms with E-state index in [-0.39, 0.29) is 11.6 Å². The second-order valence-corrected chi connectivity index (χ2v) is 6.21. The van der Waals surface area contributed by atoms with Crippen molar-refractivity contribution >= 4 is 23.2 Å². The van der Waals surface area contributed by atoms with Gasteiger partial charge in [-0.3, -0.25) is 4.79 Å². The van der Waals surface area contributed by atoms with Crippen molar-refractivity contribution in [1.82, 2.24) is 15.0 Å². The Bertz CT molecular complexity index is 933. The Balaban J connectivity index is 1.94. The number of nitrogens with one attached hydrogen (secondary N) is 1. The van der Waals surface area contributed by atoms with Gasteiger partial charge in [-0.05, 0) is 43.5 Å². The van der Waals surface area contributed by atoms with E-state index in [0.29, 0.717) is 16.4 Å². The zero-order valence-corrected chi connectivity index (χ0v) is 15.1. The van der Waals surface area contributed by atoms with Crippen LogP contribution in [0.25, 0.3) is 5.69 Å². The molecule has 3 rings (SSSR count). The van der Waals surface area contributed by atoms with Crippen molar-refractivity contribution < 1.29 is 4.79 Å². The second kappa shape index (κ2) is 7.07. The minimum Gasteiger partial charge on any atom is -0.320 e. The van der Waals surface area contributed by atoms with Crippen molar-refractivity contribution in [2.24, 2.45) is 0 Å². The number of carbonyl (C=O) groups is 1. The normalized spacial score (nSPS) is 10.7. The number of hydrogen-bond donors (Lipinski definition) is 1. The number of hydrogen-bond acceptors (Lipinski definition) is 3. The molecule has 0 fully saturated rings. The van der Waals surface area contributed by atoms with Crippen LogP contribution < -0.4 is 5.32 Å². The maximum Gasteiger partial charge on any atom is 0.278 e. The Kier molecular flexibility index (Phi) is 4.86. The fraction of sp³-hybridized carbons (Fsp3) is 0.211. The number of carbonyl (C=O) groups excluding carboxylic acids is 1. The molecule has 1 heterocycles. The summed E-state index contributed by atoms with van der Waals surface area (Å²) in [6.07, 6.45) is 0.836. The van der Waals surface area contributed by atoms with E-state index < -0.39 is 0 Å². The highest BCUT2D eigenvalue weighted by Gasteiger charge is 2.19. The molecule has 0 aliphatic carbocycles. The molecule has 0 aliphatic rings. The molecule has 2 aromatic carbocycles. The van der Waals surface area contributed by atoms with Gasteiger partial charge in [0.25, 0.3) is 5.91 Å². The fourth-order valence-electron chi connectivity index (χ4n) is 2.77. The van der Waals surface area contributed by atoms with Gasteiger partial charge in [-0.1, -0.05) is 54.1 Å². The monoisotopic (exact) mass is 354 g/mol. The number of halogens is 1. The highest BCUT2D eigenvalue weighted by Crippen LogP contribution is 2.24. The molecule has 0 saturated heterocycles. The van der Waals surface area contributed by atoms with Crippen LogP contribution in [0.15, 0.2) is 42.5 Å². The SMILES string of the molecule is CCc1cccc(C)c1NC(=O)c1nnn(-c2ccccc2Cl)c1C. The quantitative estimate of drug-likeness (QED) is 0.757. The number of amides is 1. The van der Waals surface area contributed by atoms with Crippen LogP contribution in [0.3, 0.4) is 0 Å². The lowest BCUT2D eigenvalue weighted by Crippen LogP contribution is -2.16. The van der Waals surface area contributed by atoms with Crippen molar-refractivity contribution in [2.75, 3.05) is 5.32 Å². The Morgan fingerprint density at radius 3 is 2.64 bits per heavy atom. The predicted octanol–water partition coefficient (Wildman–Crippen LogP) is 4.35. The van der Waals surface area contributed by atoms with Gasteiger partial charge in [0.15, 0.2) is 5.69 Å². The molecule has 5 nitrogen and oxygen atoms in total. The highest BCUT2D eigenvalue weighted by molar-refractivity contribution is 6.32. The fourth-order valence-corrected chi connectivity index (χ4v) is 2.98. The lowest BCUT2D eigenvalue weighted by atomic mass is 10.1. The highest BCUT2D eigenvalue weighted by atomic mass is 35.5. The summed E-state index contributed by atoms with van der Waals surface area (Å²) in [6, 6.07) is 13.3. The van der Waals surface area contributed by atoms with Gasteiger partial charge in [0, 0.05) is 5.69 Å². The summed E-state index contributed by atoms with van der Waals surface area (Å²) < 4.78 is 1.58. The third-order valence-corrected chi connectivity index (χ3v) is 4.49. The average Bonchev–Trinajstić information content (AvgIpc) is 2.98. The van der Waals surface area contributed by atoms with Gasteiger partial charge in [-0.2, -0.15) is 0 Å². The van der Waals surface area contributed by atoms with Gasteiger partial charge in [0.1, 0.15) is 0 Å². The molecule has 0 bridgehead atoms. The molecular formula is C19H19ClN4O. The molecule has 0 aliphatic heterocycles. The second-order valence-electron chi connectivity index (χ2n) is 5.80. The number of para-hydroxylation sites is 2. The van der Waals surface area contributed by atoms with E-state index in [1.54, 1.807) is 17.7 Å². The van der Waals surface area contributed by atoms with Gasteiger partial charge in [-0.15, -0.1) is 5.10 Å². The van der Waals surface area contributed by atoms with Gasteiger partial charge in [0.05, 0.1) is 16.4 Å². The molecule has 1 aromatic heterocycles. The summed E-state index contributed by atoms with van der Waals surface area (Å²) >= 11 is 6.22. The topological polar surface area (TPSA) is 59.8 Å². The van der Waals surface area contributed by atoms with E-state index in [0.717, 1.165) is 23.2 Å². The molecule has 0 unspecified atom stereocenters. The molecule has 0 spiro atoms. The number of aromatic nitrogens is 3. The first-order valence-corrected chi connectivity index (χ1v) is 8.47. The Morgan fingerprint density at radius 2 is 1.92 bits per heavy atom. The van der Waals surface area contributed by atoms with E-state index in [4.69, 9.17) is 11.6 Å². The van der Waals surface area contributed by atoms with Crippen molar-refractivity contribution in [2.45, 2.75) is 27.2 Å². The van der Waals surface area contributed by atoms with Crippen LogP contribution in [-0.4, -0.2) is 20.9 Å². The summed E-state index contributed by atoms with van der Waals surface area (Å²) in [5.74, 6) is -0.278. The number of nitrogens with zero attached hydrogens (tertiary/aromatic N) is 3. The zero-order chi connectivity index (χ0) is 18.0. The largest absolute Gasteiger partial charge is 0.320 e. The van der Waals surface area contributed by atoms with Gasteiger partial charge >= 0.3 is 0 Å². The summed E-state index contributed by atoms with van der Waals surface area (Å²) in [6.45, 7) is 5.84. The minimum atomic E-state index is -0.278. The maximum absolute atomic E-state index is 12.7. The van der Waals surface area contributed by atoms with E-state index in [1.807, 2.05) is 43.3 Å². The van der Waals surface area contributed by atoms with Crippen LogP contribution in [0.2, 0.25) is 5.02 Å². The molecular weight excluding hydrogens is 336 g/mol. The van der Waals surface area contributed by atoms with Gasteiger partial charge in [-0.25, -0.2) is 4.68 Å². The molecule has 0 saturated carbocycles. The van der Waals surface area contributed by atoms with Crippen molar-refractivity contribution in [3.63, 3.8) is 0 Å². The first-order chi connectivity index (χ1) is 12.0. The number of benzene rings is 2. The minimum absolute atomic E-state index is 0.278. The molecule has 1 amide bonds. The first kappa shape index (κ1) is 17.2. The summed E-state index contributed by atoms with van der Waals surface area (Å²) in [7, 11) is 0. The number of rotatable bonds is 4. The average molecular weight is 355 g/mol. The van der Waals surface area contributed by atoms with Crippen LogP contribution >= 0.6 is 11.6 Å². The molecule has 0 atom stereocenters. The molecule has 25 heavy (non-hydrogen) atoms. The number of aryl methyl sites for hydroxylation is 2. The van der Waals surface area contributed by atoms with Gasteiger partial charge < -0.3 is 5.32 Å². The van der Waals surface area contributed by atoms with Crippen LogP contribution in [0.5, 0.6) is 0 Å². The third kappa shape index (κ3) is 3.28. The molecule has 6 heteroatoms. The van der Waals surface area contributed by atoms with Crippen molar-refractivity contribution in [3.05, 3.63) is 70.0 Å².